The minimum Gasteiger partial charge on any atom is -0.496 e. The SMILES string of the molecule is COc1ccccc1C(O)c1cc(F)ccc1N. The van der Waals surface area contributed by atoms with Gasteiger partial charge in [-0.3, -0.25) is 0 Å². The number of nitrogens with two attached hydrogens (primary N) is 1. The smallest absolute Gasteiger partial charge is 0.125 e. The first-order chi connectivity index (χ1) is 8.63. The van der Waals surface area contributed by atoms with Crippen molar-refractivity contribution in [2.75, 3.05) is 12.8 Å². The molecular formula is C14H14FNO2. The Balaban J connectivity index is 2.47. The molecule has 18 heavy (non-hydrogen) atoms. The molecule has 0 saturated carbocycles. The molecule has 0 heterocycles. The lowest BCUT2D eigenvalue weighted by molar-refractivity contribution is 0.215. The van der Waals surface area contributed by atoms with Crippen LogP contribution >= 0.6 is 0 Å². The minimum absolute atomic E-state index is 0.333. The molecule has 0 amide bonds. The van der Waals surface area contributed by atoms with Crippen molar-refractivity contribution < 1.29 is 14.2 Å². The highest BCUT2D eigenvalue weighted by Gasteiger charge is 2.17. The quantitative estimate of drug-likeness (QED) is 0.819. The number of halogens is 1. The van der Waals surface area contributed by atoms with Crippen molar-refractivity contribution in [3.63, 3.8) is 0 Å². The number of hydrogen-bond donors (Lipinski definition) is 2. The average Bonchev–Trinajstić information content (AvgIpc) is 2.40. The third kappa shape index (κ3) is 2.28. The summed E-state index contributed by atoms with van der Waals surface area (Å²) in [6, 6.07) is 10.9. The second kappa shape index (κ2) is 5.06. The van der Waals surface area contributed by atoms with Gasteiger partial charge in [-0.05, 0) is 24.3 Å². The van der Waals surface area contributed by atoms with E-state index in [1.807, 2.05) is 0 Å². The highest BCUT2D eigenvalue weighted by Crippen LogP contribution is 2.32. The van der Waals surface area contributed by atoms with E-state index in [2.05, 4.69) is 0 Å². The van der Waals surface area contributed by atoms with Crippen LogP contribution in [-0.4, -0.2) is 12.2 Å². The number of aliphatic hydroxyl groups is 1. The van der Waals surface area contributed by atoms with Crippen LogP contribution < -0.4 is 10.5 Å². The topological polar surface area (TPSA) is 55.5 Å². The summed E-state index contributed by atoms with van der Waals surface area (Å²) in [4.78, 5) is 0. The molecule has 0 spiro atoms. The molecule has 0 aliphatic carbocycles. The maximum absolute atomic E-state index is 13.2. The van der Waals surface area contributed by atoms with E-state index in [9.17, 15) is 9.50 Å². The molecule has 0 aliphatic heterocycles. The maximum atomic E-state index is 13.2. The van der Waals surface area contributed by atoms with Gasteiger partial charge in [0.05, 0.1) is 7.11 Å². The summed E-state index contributed by atoms with van der Waals surface area (Å²) < 4.78 is 18.4. The Morgan fingerprint density at radius 2 is 1.89 bits per heavy atom. The van der Waals surface area contributed by atoms with E-state index in [4.69, 9.17) is 10.5 Å². The summed E-state index contributed by atoms with van der Waals surface area (Å²) in [6.07, 6.45) is -1.02. The second-order valence-corrected chi connectivity index (χ2v) is 3.92. The number of hydrogen-bond acceptors (Lipinski definition) is 3. The average molecular weight is 247 g/mol. The Labute approximate surface area is 105 Å². The predicted molar refractivity (Wildman–Crippen MR) is 67.9 cm³/mol. The van der Waals surface area contributed by atoms with E-state index in [-0.39, 0.29) is 0 Å². The molecule has 0 radical (unpaired) electrons. The number of aliphatic hydroxyl groups excluding tert-OH is 1. The zero-order valence-electron chi connectivity index (χ0n) is 9.93. The Morgan fingerprint density at radius 1 is 1.17 bits per heavy atom. The van der Waals surface area contributed by atoms with Gasteiger partial charge in [0.1, 0.15) is 17.7 Å². The van der Waals surface area contributed by atoms with Gasteiger partial charge in [-0.15, -0.1) is 0 Å². The van der Waals surface area contributed by atoms with E-state index in [1.165, 1.54) is 25.3 Å². The molecule has 0 bridgehead atoms. The number of methoxy groups -OCH3 is 1. The van der Waals surface area contributed by atoms with Gasteiger partial charge in [0.2, 0.25) is 0 Å². The number of ether oxygens (including phenoxy) is 1. The number of anilines is 1. The van der Waals surface area contributed by atoms with E-state index >= 15 is 0 Å². The van der Waals surface area contributed by atoms with Gasteiger partial charge in [0, 0.05) is 16.8 Å². The molecule has 94 valence electrons. The lowest BCUT2D eigenvalue weighted by atomic mass is 9.99. The third-order valence-electron chi connectivity index (χ3n) is 2.78. The van der Waals surface area contributed by atoms with Crippen molar-refractivity contribution in [3.8, 4) is 5.75 Å². The largest absolute Gasteiger partial charge is 0.496 e. The van der Waals surface area contributed by atoms with Gasteiger partial charge in [-0.1, -0.05) is 18.2 Å². The number of nitrogen functional groups attached to an aromatic ring is 1. The maximum Gasteiger partial charge on any atom is 0.125 e. The first kappa shape index (κ1) is 12.4. The van der Waals surface area contributed by atoms with Crippen molar-refractivity contribution >= 4 is 5.69 Å². The number of benzene rings is 2. The molecule has 2 aromatic carbocycles. The van der Waals surface area contributed by atoms with Crippen LogP contribution in [-0.2, 0) is 0 Å². The van der Waals surface area contributed by atoms with E-state index in [1.54, 1.807) is 24.3 Å². The van der Waals surface area contributed by atoms with Crippen molar-refractivity contribution in [2.24, 2.45) is 0 Å². The zero-order chi connectivity index (χ0) is 13.1. The molecule has 1 atom stereocenters. The Kier molecular flexibility index (Phi) is 3.48. The van der Waals surface area contributed by atoms with Crippen molar-refractivity contribution in [2.45, 2.75) is 6.10 Å². The normalized spacial score (nSPS) is 12.2. The molecular weight excluding hydrogens is 233 g/mol. The van der Waals surface area contributed by atoms with Crippen molar-refractivity contribution in [1.82, 2.24) is 0 Å². The van der Waals surface area contributed by atoms with Gasteiger partial charge in [0.15, 0.2) is 0 Å². The molecule has 4 heteroatoms. The molecule has 0 aliphatic rings. The van der Waals surface area contributed by atoms with Crippen LogP contribution in [0.1, 0.15) is 17.2 Å². The molecule has 2 aromatic rings. The number of para-hydroxylation sites is 1. The summed E-state index contributed by atoms with van der Waals surface area (Å²) in [6.45, 7) is 0. The fraction of sp³-hybridized carbons (Fsp3) is 0.143. The van der Waals surface area contributed by atoms with Gasteiger partial charge in [0.25, 0.3) is 0 Å². The first-order valence-corrected chi connectivity index (χ1v) is 5.49. The standard InChI is InChI=1S/C14H14FNO2/c1-18-13-5-3-2-4-10(13)14(17)11-8-9(15)6-7-12(11)16/h2-8,14,17H,16H2,1H3. The summed E-state index contributed by atoms with van der Waals surface area (Å²) >= 11 is 0. The van der Waals surface area contributed by atoms with Crippen LogP contribution in [0.5, 0.6) is 5.75 Å². The lowest BCUT2D eigenvalue weighted by Gasteiger charge is -2.16. The van der Waals surface area contributed by atoms with Crippen LogP contribution in [0.25, 0.3) is 0 Å². The molecule has 3 N–H and O–H groups in total. The monoisotopic (exact) mass is 247 g/mol. The van der Waals surface area contributed by atoms with Crippen molar-refractivity contribution in [1.29, 1.82) is 0 Å². The fourth-order valence-electron chi connectivity index (χ4n) is 1.84. The minimum atomic E-state index is -1.02. The molecule has 3 nitrogen and oxygen atoms in total. The van der Waals surface area contributed by atoms with Crippen LogP contribution in [0.2, 0.25) is 0 Å². The van der Waals surface area contributed by atoms with Gasteiger partial charge >= 0.3 is 0 Å². The summed E-state index contributed by atoms with van der Waals surface area (Å²) in [7, 11) is 1.51. The molecule has 0 fully saturated rings. The highest BCUT2D eigenvalue weighted by molar-refractivity contribution is 5.52. The van der Waals surface area contributed by atoms with Crippen LogP contribution in [0.3, 0.4) is 0 Å². The Morgan fingerprint density at radius 3 is 2.61 bits per heavy atom. The highest BCUT2D eigenvalue weighted by atomic mass is 19.1. The van der Waals surface area contributed by atoms with Crippen LogP contribution in [0.15, 0.2) is 42.5 Å². The Bertz CT molecular complexity index is 557. The zero-order valence-corrected chi connectivity index (χ0v) is 9.93. The summed E-state index contributed by atoms with van der Waals surface area (Å²) in [5, 5.41) is 10.3. The summed E-state index contributed by atoms with van der Waals surface area (Å²) in [5.41, 5.74) is 6.98. The van der Waals surface area contributed by atoms with Gasteiger partial charge in [-0.2, -0.15) is 0 Å². The van der Waals surface area contributed by atoms with Crippen LogP contribution in [0.4, 0.5) is 10.1 Å². The lowest BCUT2D eigenvalue weighted by Crippen LogP contribution is -2.06. The number of rotatable bonds is 3. The van der Waals surface area contributed by atoms with Gasteiger partial charge < -0.3 is 15.6 Å². The third-order valence-corrected chi connectivity index (χ3v) is 2.78. The molecule has 0 aromatic heterocycles. The van der Waals surface area contributed by atoms with E-state index in [0.717, 1.165) is 0 Å². The summed E-state index contributed by atoms with van der Waals surface area (Å²) in [5.74, 6) is 0.0989. The van der Waals surface area contributed by atoms with Crippen LogP contribution in [0, 0.1) is 5.82 Å². The molecule has 1 unspecified atom stereocenters. The molecule has 0 saturated heterocycles. The van der Waals surface area contributed by atoms with E-state index < -0.39 is 11.9 Å². The first-order valence-electron chi connectivity index (χ1n) is 5.49. The predicted octanol–water partition coefficient (Wildman–Crippen LogP) is 2.50. The Hall–Kier alpha value is -2.07. The van der Waals surface area contributed by atoms with Gasteiger partial charge in [-0.25, -0.2) is 4.39 Å². The van der Waals surface area contributed by atoms with Crippen molar-refractivity contribution in [3.05, 3.63) is 59.4 Å². The molecule has 2 rings (SSSR count). The van der Waals surface area contributed by atoms with E-state index in [0.29, 0.717) is 22.6 Å². The fourth-order valence-corrected chi connectivity index (χ4v) is 1.84. The second-order valence-electron chi connectivity index (χ2n) is 3.92.